The average Bonchev–Trinajstić information content (AvgIpc) is 2.95. The van der Waals surface area contributed by atoms with E-state index in [-0.39, 0.29) is 5.41 Å². The molecule has 2 aliphatic carbocycles. The first kappa shape index (κ1) is 16.4. The fourth-order valence-electron chi connectivity index (χ4n) is 3.42. The van der Waals surface area contributed by atoms with E-state index in [0.29, 0.717) is 5.92 Å². The molecule has 0 amide bonds. The lowest BCUT2D eigenvalue weighted by Gasteiger charge is -2.29. The zero-order chi connectivity index (χ0) is 14.4. The molecule has 0 heterocycles. The van der Waals surface area contributed by atoms with Crippen molar-refractivity contribution in [1.29, 1.82) is 0 Å². The van der Waals surface area contributed by atoms with Gasteiger partial charge in [-0.05, 0) is 48.2 Å². The Hall–Kier alpha value is 0.01000. The number of allylic oxidation sites excluding steroid dienone is 3. The lowest BCUT2D eigenvalue weighted by atomic mass is 9.76. The van der Waals surface area contributed by atoms with Gasteiger partial charge in [0.15, 0.2) is 0 Å². The fraction of sp³-hybridized carbons (Fsp3) is 0.588. The van der Waals surface area contributed by atoms with Crippen molar-refractivity contribution in [2.24, 2.45) is 11.3 Å². The monoisotopic (exact) mass is 324 g/mol. The molecule has 0 N–H and O–H groups in total. The molecule has 0 aromatic carbocycles. The van der Waals surface area contributed by atoms with Crippen molar-refractivity contribution in [3.8, 4) is 0 Å². The average molecular weight is 325 g/mol. The van der Waals surface area contributed by atoms with E-state index in [1.807, 2.05) is 29.6 Å². The first-order chi connectivity index (χ1) is 9.74. The van der Waals surface area contributed by atoms with Gasteiger partial charge in [-0.1, -0.05) is 30.8 Å². The zero-order valence-corrected chi connectivity index (χ0v) is 14.6. The molecule has 0 radical (unpaired) electrons. The molecule has 0 spiro atoms. The Kier molecular flexibility index (Phi) is 6.44. The van der Waals surface area contributed by atoms with E-state index in [9.17, 15) is 0 Å². The molecule has 110 valence electrons. The van der Waals surface area contributed by atoms with Crippen molar-refractivity contribution in [2.45, 2.75) is 32.1 Å². The maximum Gasteiger partial charge on any atom is 0.0231 e. The first-order valence-corrected chi connectivity index (χ1v) is 9.98. The number of rotatable bonds is 9. The minimum absolute atomic E-state index is 0.261. The number of thioether (sulfide) groups is 2. The van der Waals surface area contributed by atoms with Gasteiger partial charge in [0.2, 0.25) is 0 Å². The molecule has 0 aromatic heterocycles. The normalized spacial score (nSPS) is 28.3. The van der Waals surface area contributed by atoms with Gasteiger partial charge in [0.05, 0.1) is 0 Å². The second-order valence-electron chi connectivity index (χ2n) is 5.57. The number of fused-ring (bicyclic) bond motifs is 1. The summed E-state index contributed by atoms with van der Waals surface area (Å²) in [5, 5.41) is 0. The summed E-state index contributed by atoms with van der Waals surface area (Å²) >= 11 is 9.71. The summed E-state index contributed by atoms with van der Waals surface area (Å²) in [5.74, 6) is 4.22. The summed E-state index contributed by atoms with van der Waals surface area (Å²) in [7, 11) is 0. The molecule has 2 atom stereocenters. The first-order valence-electron chi connectivity index (χ1n) is 7.43. The summed E-state index contributed by atoms with van der Waals surface area (Å²) in [6, 6.07) is 0. The third-order valence-electron chi connectivity index (χ3n) is 4.34. The molecule has 2 aliphatic rings. The predicted molar refractivity (Wildman–Crippen MR) is 99.9 cm³/mol. The third-order valence-corrected chi connectivity index (χ3v) is 7.14. The van der Waals surface area contributed by atoms with Crippen LogP contribution in [0.1, 0.15) is 32.1 Å². The third kappa shape index (κ3) is 3.42. The SMILES string of the molecule is C=CCSCCCSC1=CC(=S)C2(CC=C)CCCC12. The number of hydrogen-bond acceptors (Lipinski definition) is 3. The molecule has 2 unspecified atom stereocenters. The van der Waals surface area contributed by atoms with E-state index in [1.165, 1.54) is 42.1 Å². The highest BCUT2D eigenvalue weighted by Gasteiger charge is 2.49. The van der Waals surface area contributed by atoms with Gasteiger partial charge in [0.25, 0.3) is 0 Å². The molecular weight excluding hydrogens is 300 g/mol. The Labute approximate surface area is 137 Å². The van der Waals surface area contributed by atoms with Crippen molar-refractivity contribution in [3.05, 3.63) is 36.3 Å². The van der Waals surface area contributed by atoms with Crippen molar-refractivity contribution < 1.29 is 0 Å². The second-order valence-corrected chi connectivity index (χ2v) is 8.33. The highest BCUT2D eigenvalue weighted by molar-refractivity contribution is 8.03. The van der Waals surface area contributed by atoms with Crippen LogP contribution in [-0.2, 0) is 0 Å². The van der Waals surface area contributed by atoms with Crippen molar-refractivity contribution >= 4 is 40.6 Å². The van der Waals surface area contributed by atoms with E-state index in [1.54, 1.807) is 4.91 Å². The van der Waals surface area contributed by atoms with Crippen LogP contribution in [0, 0.1) is 11.3 Å². The smallest absolute Gasteiger partial charge is 0.0231 e. The van der Waals surface area contributed by atoms with E-state index in [4.69, 9.17) is 12.2 Å². The molecule has 1 saturated carbocycles. The topological polar surface area (TPSA) is 0 Å². The van der Waals surface area contributed by atoms with Gasteiger partial charge < -0.3 is 0 Å². The van der Waals surface area contributed by atoms with Gasteiger partial charge in [0.1, 0.15) is 0 Å². The van der Waals surface area contributed by atoms with Crippen LogP contribution in [0.2, 0.25) is 0 Å². The van der Waals surface area contributed by atoms with Gasteiger partial charge in [-0.15, -0.1) is 24.9 Å². The molecule has 0 aromatic rings. The molecular formula is C17H24S3. The van der Waals surface area contributed by atoms with Crippen LogP contribution in [0.3, 0.4) is 0 Å². The van der Waals surface area contributed by atoms with Crippen LogP contribution in [0.25, 0.3) is 0 Å². The number of thiocarbonyl (C=S) groups is 1. The Morgan fingerprint density at radius 2 is 2.20 bits per heavy atom. The van der Waals surface area contributed by atoms with Crippen LogP contribution in [0.15, 0.2) is 36.3 Å². The quantitative estimate of drug-likeness (QED) is 0.305. The second kappa shape index (κ2) is 7.86. The van der Waals surface area contributed by atoms with E-state index in [0.717, 1.165) is 12.2 Å². The van der Waals surface area contributed by atoms with E-state index in [2.05, 4.69) is 25.3 Å². The van der Waals surface area contributed by atoms with Gasteiger partial charge in [-0.2, -0.15) is 11.8 Å². The molecule has 1 fully saturated rings. The van der Waals surface area contributed by atoms with Crippen LogP contribution in [0.4, 0.5) is 0 Å². The molecule has 3 heteroatoms. The van der Waals surface area contributed by atoms with Crippen LogP contribution >= 0.6 is 35.7 Å². The highest BCUT2D eigenvalue weighted by atomic mass is 32.2. The molecule has 0 bridgehead atoms. The Bertz CT molecular complexity index is 410. The van der Waals surface area contributed by atoms with Crippen LogP contribution < -0.4 is 0 Å². The van der Waals surface area contributed by atoms with E-state index < -0.39 is 0 Å². The Morgan fingerprint density at radius 3 is 2.95 bits per heavy atom. The minimum atomic E-state index is 0.261. The number of hydrogen-bond donors (Lipinski definition) is 0. The molecule has 20 heavy (non-hydrogen) atoms. The van der Waals surface area contributed by atoms with Crippen molar-refractivity contribution in [1.82, 2.24) is 0 Å². The van der Waals surface area contributed by atoms with Gasteiger partial charge in [0, 0.05) is 22.0 Å². The summed E-state index contributed by atoms with van der Waals surface area (Å²) in [5.41, 5.74) is 0.261. The molecule has 2 rings (SSSR count). The summed E-state index contributed by atoms with van der Waals surface area (Å²) < 4.78 is 0. The Balaban J connectivity index is 1.84. The van der Waals surface area contributed by atoms with Gasteiger partial charge in [-0.25, -0.2) is 0 Å². The lowest BCUT2D eigenvalue weighted by Crippen LogP contribution is -2.27. The Morgan fingerprint density at radius 1 is 1.35 bits per heavy atom. The van der Waals surface area contributed by atoms with Crippen LogP contribution in [-0.4, -0.2) is 22.1 Å². The minimum Gasteiger partial charge on any atom is -0.158 e. The van der Waals surface area contributed by atoms with Gasteiger partial charge in [-0.3, -0.25) is 0 Å². The lowest BCUT2D eigenvalue weighted by molar-refractivity contribution is 0.378. The maximum atomic E-state index is 5.69. The summed E-state index contributed by atoms with van der Waals surface area (Å²) in [4.78, 5) is 2.76. The van der Waals surface area contributed by atoms with Crippen LogP contribution in [0.5, 0.6) is 0 Å². The highest BCUT2D eigenvalue weighted by Crippen LogP contribution is 2.57. The largest absolute Gasteiger partial charge is 0.158 e. The zero-order valence-electron chi connectivity index (χ0n) is 12.1. The molecule has 0 nitrogen and oxygen atoms in total. The molecule has 0 aliphatic heterocycles. The maximum absolute atomic E-state index is 5.69. The molecule has 0 saturated heterocycles. The van der Waals surface area contributed by atoms with Crippen molar-refractivity contribution in [2.75, 3.05) is 17.3 Å². The fourth-order valence-corrected chi connectivity index (χ4v) is 6.08. The van der Waals surface area contributed by atoms with Crippen molar-refractivity contribution in [3.63, 3.8) is 0 Å². The van der Waals surface area contributed by atoms with Gasteiger partial charge >= 0.3 is 0 Å². The summed E-state index contributed by atoms with van der Waals surface area (Å²) in [6.07, 6.45) is 12.6. The van der Waals surface area contributed by atoms with E-state index >= 15 is 0 Å². The standard InChI is InChI=1S/C17H24S3/c1-3-8-17-9-5-7-14(17)15(13-16(17)18)20-12-6-11-19-10-4-2/h3-4,13-14H,1-2,5-12H2. The summed E-state index contributed by atoms with van der Waals surface area (Å²) in [6.45, 7) is 7.70. The predicted octanol–water partition coefficient (Wildman–Crippen LogP) is 5.66.